The van der Waals surface area contributed by atoms with Gasteiger partial charge in [0.1, 0.15) is 55.3 Å². The fourth-order valence-electron chi connectivity index (χ4n) is 14.1. The van der Waals surface area contributed by atoms with Gasteiger partial charge in [-0.05, 0) is 137 Å². The number of alkyl carbamates (subject to hydrolysis) is 1. The number of carbonyl (C=O) groups is 10. The smallest absolute Gasteiger partial charge is 0.407 e. The maximum atomic E-state index is 13.8. The molecule has 23 nitrogen and oxygen atoms in total. The summed E-state index contributed by atoms with van der Waals surface area (Å²) in [4.78, 5) is 127. The van der Waals surface area contributed by atoms with Gasteiger partial charge in [-0.3, -0.25) is 43.2 Å². The predicted octanol–water partition coefficient (Wildman–Crippen LogP) is 14.6. The molecule has 23 heteroatoms. The van der Waals surface area contributed by atoms with Gasteiger partial charge in [-0.25, -0.2) is 4.79 Å². The Kier molecular flexibility index (Phi) is 46.0. The number of ether oxygens (including phenoxy) is 11. The van der Waals surface area contributed by atoms with Crippen LogP contribution in [0.15, 0.2) is 30.3 Å². The van der Waals surface area contributed by atoms with Crippen molar-refractivity contribution in [3.05, 3.63) is 35.9 Å². The molecule has 0 saturated carbocycles. The zero-order chi connectivity index (χ0) is 77.8. The van der Waals surface area contributed by atoms with E-state index in [1.54, 1.807) is 0 Å². The lowest BCUT2D eigenvalue weighted by Gasteiger charge is -2.43. The molecule has 0 aromatic heterocycles. The van der Waals surface area contributed by atoms with Crippen LogP contribution in [0.25, 0.3) is 0 Å². The van der Waals surface area contributed by atoms with Crippen molar-refractivity contribution in [1.82, 2.24) is 10.6 Å². The van der Waals surface area contributed by atoms with E-state index in [9.17, 15) is 47.9 Å². The van der Waals surface area contributed by atoms with Crippen LogP contribution in [0.3, 0.4) is 0 Å². The summed E-state index contributed by atoms with van der Waals surface area (Å²) in [6.07, 6.45) is 12.0. The number of carbonyl (C=O) groups excluding carboxylic acids is 10. The normalized spacial score (nSPS) is 25.0. The van der Waals surface area contributed by atoms with Crippen molar-refractivity contribution in [3.8, 4) is 0 Å². The first-order valence-corrected chi connectivity index (χ1v) is 40.3. The molecule has 2 N–H and O–H groups in total. The van der Waals surface area contributed by atoms with Crippen LogP contribution >= 0.6 is 0 Å². The van der Waals surface area contributed by atoms with Crippen LogP contribution in [0.1, 0.15) is 275 Å². The number of amides is 2. The Hall–Kier alpha value is -5.56. The molecule has 3 fully saturated rings. The molecule has 0 spiro atoms. The highest BCUT2D eigenvalue weighted by Gasteiger charge is 2.43. The minimum Gasteiger partial charge on any atom is -0.463 e. The molecule has 604 valence electrons. The van der Waals surface area contributed by atoms with Gasteiger partial charge in [0, 0.05) is 136 Å². The van der Waals surface area contributed by atoms with Gasteiger partial charge >= 0.3 is 24.0 Å². The van der Waals surface area contributed by atoms with E-state index >= 15 is 0 Å². The van der Waals surface area contributed by atoms with Crippen molar-refractivity contribution in [1.29, 1.82) is 0 Å². The van der Waals surface area contributed by atoms with Crippen LogP contribution < -0.4 is 10.6 Å². The largest absolute Gasteiger partial charge is 0.463 e. The molecule has 0 aliphatic carbocycles. The van der Waals surface area contributed by atoms with Gasteiger partial charge in [0.05, 0.1) is 37.1 Å². The van der Waals surface area contributed by atoms with Crippen LogP contribution in [-0.4, -0.2) is 161 Å². The fraction of sp³-hybridized carbons (Fsp3) is 0.807. The van der Waals surface area contributed by atoms with Crippen molar-refractivity contribution in [2.24, 2.45) is 53.3 Å². The van der Waals surface area contributed by atoms with Crippen molar-refractivity contribution in [3.63, 3.8) is 0 Å². The van der Waals surface area contributed by atoms with Gasteiger partial charge in [0.2, 0.25) is 5.91 Å². The zero-order valence-corrected chi connectivity index (χ0v) is 66.7. The third-order valence-electron chi connectivity index (χ3n) is 22.4. The van der Waals surface area contributed by atoms with Gasteiger partial charge < -0.3 is 62.7 Å². The molecule has 1 aromatic rings. The highest BCUT2D eigenvalue weighted by Crippen LogP contribution is 2.39. The molecule has 3 saturated heterocycles. The number of Topliss-reactive ketones (excluding diaryl/α,β-unsaturated/α-hetero) is 5. The second-order valence-electron chi connectivity index (χ2n) is 30.9. The first-order chi connectivity index (χ1) is 50.7. The monoisotopic (exact) mass is 1500 g/mol. The number of unbranched alkanes of at least 4 members (excludes halogenated alkanes) is 9. The summed E-state index contributed by atoms with van der Waals surface area (Å²) >= 11 is 0. The number of esters is 3. The molecule has 1 aromatic carbocycles. The van der Waals surface area contributed by atoms with Crippen LogP contribution in [0.2, 0.25) is 0 Å². The minimum absolute atomic E-state index is 0.00242. The van der Waals surface area contributed by atoms with Crippen molar-refractivity contribution in [2.75, 3.05) is 59.4 Å². The number of nitrogens with one attached hydrogen (secondary N) is 2. The van der Waals surface area contributed by atoms with Crippen LogP contribution in [-0.2, 0) is 102 Å². The van der Waals surface area contributed by atoms with Crippen molar-refractivity contribution < 1.29 is 100 Å². The van der Waals surface area contributed by atoms with E-state index < -0.39 is 30.5 Å². The molecule has 0 bridgehead atoms. The first-order valence-electron chi connectivity index (χ1n) is 40.3. The van der Waals surface area contributed by atoms with Gasteiger partial charge in [-0.1, -0.05) is 112 Å². The Morgan fingerprint density at radius 1 is 0.368 bits per heavy atom. The molecule has 3 aliphatic heterocycles. The standard InChI is InChI=1S/C83H136N2O21/c1-57-60(4)75(53-100-66(10)86)104-79(63(57)7)97-48-29-24-39-70(89)34-18-14-20-36-73(92)43-46-83(85-82(95)103-52-69-32-16-13-17-33-69,45-27-22-42-78(94)84-47-28-23-38-72(91)41-26-31-50-99-81-65(9)59(3)62(6)77(106-81)55-102-68(12)88)56-96-51-44-74(93)37-21-15-19-35-71(90)40-25-30-49-98-80-64(8)58(2)61(5)76(105-80)54-101-67(11)87/h13,16-17,32-33,57-65,75-77,79-81H,14-15,18-31,34-56H2,1-12H3,(H,84,94)(H,85,95)/t57-,58-,59-,60+,61+,62+,63?,64?,65?,75?,76?,77?,79+,80+,81+,83?/m0/s1. The Morgan fingerprint density at radius 3 is 1.12 bits per heavy atom. The maximum Gasteiger partial charge on any atom is 0.407 e. The SMILES string of the molecule is CC(=O)OCC1O[C@@H](OCCCCC(=O)CCCCCC(=O)CCOCC(CCCCC(=O)NCCCCC(=O)CCCCO[C@@H]2OC(COC(C)=O)[C@H](C)[C@H](C)C2C)(CCC(=O)CCCCCC(=O)CCCCO[C@@H]2OC(COC(C)=O)[C@H](C)[C@H](C)C2C)NC(=O)OCc2ccccc2)C(C)[C@@H](C)[C@H]1C. The third kappa shape index (κ3) is 37.7. The number of hydrogen-bond donors (Lipinski definition) is 2. The molecular weight excluding hydrogens is 1360 g/mol. The lowest BCUT2D eigenvalue weighted by Crippen LogP contribution is -2.52. The van der Waals surface area contributed by atoms with E-state index in [0.717, 1.165) is 12.0 Å². The Bertz CT molecular complexity index is 2650. The maximum absolute atomic E-state index is 13.8. The Morgan fingerprint density at radius 2 is 0.726 bits per heavy atom. The molecule has 106 heavy (non-hydrogen) atoms. The molecule has 16 atom stereocenters. The summed E-state index contributed by atoms with van der Waals surface area (Å²) in [6, 6.07) is 9.27. The molecule has 0 radical (unpaired) electrons. The summed E-state index contributed by atoms with van der Waals surface area (Å²) in [5, 5.41) is 6.08. The van der Waals surface area contributed by atoms with Gasteiger partial charge in [0.25, 0.3) is 0 Å². The Labute approximate surface area is 633 Å². The number of rotatable bonds is 57. The van der Waals surface area contributed by atoms with E-state index in [-0.39, 0.29) is 172 Å². The van der Waals surface area contributed by atoms with Gasteiger partial charge in [0.15, 0.2) is 18.9 Å². The predicted molar refractivity (Wildman–Crippen MR) is 401 cm³/mol. The summed E-state index contributed by atoms with van der Waals surface area (Å²) < 4.78 is 64.7. The number of ketones is 5. The number of benzene rings is 1. The zero-order valence-electron chi connectivity index (χ0n) is 66.7. The number of hydrogen-bond acceptors (Lipinski definition) is 21. The fourth-order valence-corrected chi connectivity index (χ4v) is 14.1. The highest BCUT2D eigenvalue weighted by molar-refractivity contribution is 5.80. The lowest BCUT2D eigenvalue weighted by atomic mass is 9.79. The molecule has 4 rings (SSSR count). The second-order valence-corrected chi connectivity index (χ2v) is 30.9. The second kappa shape index (κ2) is 52.5. The van der Waals surface area contributed by atoms with Gasteiger partial charge in [-0.2, -0.15) is 0 Å². The van der Waals surface area contributed by atoms with Crippen molar-refractivity contribution >= 4 is 58.8 Å². The average molecular weight is 1500 g/mol. The van der Waals surface area contributed by atoms with E-state index in [4.69, 9.17) is 52.1 Å². The topological polar surface area (TPSA) is 296 Å². The Balaban J connectivity index is 1.24. The average Bonchev–Trinajstić information content (AvgIpc) is 0.830. The molecular formula is C83H136N2O21. The third-order valence-corrected chi connectivity index (χ3v) is 22.4. The first kappa shape index (κ1) is 92.8. The molecule has 2 amide bonds. The quantitative estimate of drug-likeness (QED) is 0.0348. The van der Waals surface area contributed by atoms with Crippen LogP contribution in [0.4, 0.5) is 4.79 Å². The van der Waals surface area contributed by atoms with E-state index in [0.29, 0.717) is 198 Å². The van der Waals surface area contributed by atoms with Crippen LogP contribution in [0, 0.1) is 53.3 Å². The highest BCUT2D eigenvalue weighted by atomic mass is 16.7. The molecule has 3 aliphatic rings. The summed E-state index contributed by atoms with van der Waals surface area (Å²) in [7, 11) is 0. The minimum atomic E-state index is -1.10. The lowest BCUT2D eigenvalue weighted by molar-refractivity contribution is -0.255. The summed E-state index contributed by atoms with van der Waals surface area (Å²) in [5.41, 5.74) is -0.310. The summed E-state index contributed by atoms with van der Waals surface area (Å²) in [6.45, 7) is 25.7. The summed E-state index contributed by atoms with van der Waals surface area (Å²) in [5.74, 6) is 1.37. The van der Waals surface area contributed by atoms with Gasteiger partial charge in [-0.15, -0.1) is 0 Å². The van der Waals surface area contributed by atoms with E-state index in [1.165, 1.54) is 20.8 Å². The van der Waals surface area contributed by atoms with Crippen LogP contribution in [0.5, 0.6) is 0 Å². The molecule has 7 unspecified atom stereocenters. The molecule has 3 heterocycles. The van der Waals surface area contributed by atoms with E-state index in [2.05, 4.69) is 72.9 Å². The van der Waals surface area contributed by atoms with Crippen molar-refractivity contribution in [2.45, 2.75) is 319 Å². The van der Waals surface area contributed by atoms with E-state index in [1.807, 2.05) is 30.3 Å².